The lowest BCUT2D eigenvalue weighted by Crippen LogP contribution is -2.26. The molecule has 0 saturated heterocycles. The van der Waals surface area contributed by atoms with E-state index in [0.29, 0.717) is 47.1 Å². The Hall–Kier alpha value is -3.65. The number of nitrogens with zero attached hydrogens (tertiary/aromatic N) is 2. The molecule has 2 aromatic rings. The van der Waals surface area contributed by atoms with Crippen LogP contribution in [0.25, 0.3) is 0 Å². The number of nitriles is 2. The maximum atomic E-state index is 11.5. The minimum Gasteiger partial charge on any atom is -0.399 e. The SMILES string of the molecule is N#CC1=C(Nc2cccc(Cl)c2)CCCC1=O.N#CC1C(=O)CCCC1=O.Nc1cccc(Cl)c1. The summed E-state index contributed by atoms with van der Waals surface area (Å²) in [7, 11) is 0. The molecular formula is C26H24Cl2N4O3. The predicted molar refractivity (Wildman–Crippen MR) is 135 cm³/mol. The number of allylic oxidation sites excluding steroid dienone is 2. The molecule has 4 rings (SSSR count). The zero-order valence-corrected chi connectivity index (χ0v) is 20.4. The van der Waals surface area contributed by atoms with Gasteiger partial charge >= 0.3 is 0 Å². The summed E-state index contributed by atoms with van der Waals surface area (Å²) in [6.45, 7) is 0. The van der Waals surface area contributed by atoms with E-state index in [2.05, 4.69) is 5.32 Å². The molecule has 0 unspecified atom stereocenters. The largest absolute Gasteiger partial charge is 0.399 e. The Kier molecular flexibility index (Phi) is 11.0. The van der Waals surface area contributed by atoms with E-state index in [1.807, 2.05) is 24.3 Å². The minimum atomic E-state index is -0.950. The molecule has 180 valence electrons. The van der Waals surface area contributed by atoms with E-state index < -0.39 is 5.92 Å². The monoisotopic (exact) mass is 510 g/mol. The van der Waals surface area contributed by atoms with Crippen LogP contribution in [0.2, 0.25) is 10.0 Å². The van der Waals surface area contributed by atoms with Gasteiger partial charge in [-0.25, -0.2) is 0 Å². The van der Waals surface area contributed by atoms with E-state index in [0.717, 1.165) is 18.5 Å². The summed E-state index contributed by atoms with van der Waals surface area (Å²) in [6.07, 6.45) is 3.38. The van der Waals surface area contributed by atoms with Crippen molar-refractivity contribution in [3.63, 3.8) is 0 Å². The van der Waals surface area contributed by atoms with Gasteiger partial charge in [-0.2, -0.15) is 10.5 Å². The number of anilines is 2. The number of hydrogen-bond acceptors (Lipinski definition) is 7. The number of benzene rings is 2. The summed E-state index contributed by atoms with van der Waals surface area (Å²) < 4.78 is 0. The molecule has 2 aliphatic carbocycles. The van der Waals surface area contributed by atoms with Gasteiger partial charge in [-0.1, -0.05) is 35.3 Å². The number of nitrogens with two attached hydrogens (primary N) is 1. The Morgan fingerprint density at radius 3 is 1.94 bits per heavy atom. The highest BCUT2D eigenvalue weighted by atomic mass is 35.5. The van der Waals surface area contributed by atoms with Gasteiger partial charge in [-0.05, 0) is 55.7 Å². The molecule has 0 atom stereocenters. The Labute approximate surface area is 214 Å². The number of halogens is 2. The van der Waals surface area contributed by atoms with Crippen molar-refractivity contribution < 1.29 is 14.4 Å². The summed E-state index contributed by atoms with van der Waals surface area (Å²) in [5.41, 5.74) is 7.83. The third-order valence-corrected chi connectivity index (χ3v) is 5.58. The van der Waals surface area contributed by atoms with Crippen LogP contribution in [0.3, 0.4) is 0 Å². The van der Waals surface area contributed by atoms with Gasteiger partial charge in [0, 0.05) is 46.4 Å². The fourth-order valence-electron chi connectivity index (χ4n) is 3.39. The van der Waals surface area contributed by atoms with Crippen molar-refractivity contribution >= 4 is 51.9 Å². The van der Waals surface area contributed by atoms with Crippen molar-refractivity contribution in [3.8, 4) is 12.1 Å². The molecule has 2 aromatic carbocycles. The summed E-state index contributed by atoms with van der Waals surface area (Å²) in [6, 6.07) is 18.0. The maximum Gasteiger partial charge on any atom is 0.175 e. The molecule has 0 bridgehead atoms. The Morgan fingerprint density at radius 2 is 1.46 bits per heavy atom. The number of nitrogen functional groups attached to an aromatic ring is 1. The molecule has 7 nitrogen and oxygen atoms in total. The topological polar surface area (TPSA) is 137 Å². The highest BCUT2D eigenvalue weighted by Crippen LogP contribution is 2.25. The van der Waals surface area contributed by atoms with Crippen LogP contribution in [0.15, 0.2) is 59.8 Å². The van der Waals surface area contributed by atoms with Crippen molar-refractivity contribution in [2.45, 2.75) is 38.5 Å². The highest BCUT2D eigenvalue weighted by Gasteiger charge is 2.29. The first-order valence-electron chi connectivity index (χ1n) is 10.9. The van der Waals surface area contributed by atoms with E-state index in [4.69, 9.17) is 39.5 Å². The summed E-state index contributed by atoms with van der Waals surface area (Å²) in [5, 5.41) is 21.7. The Balaban J connectivity index is 0.000000204. The van der Waals surface area contributed by atoms with Gasteiger partial charge < -0.3 is 11.1 Å². The number of nitrogens with one attached hydrogen (secondary N) is 1. The number of carbonyl (C=O) groups excluding carboxylic acids is 3. The summed E-state index contributed by atoms with van der Waals surface area (Å²) >= 11 is 11.4. The lowest BCUT2D eigenvalue weighted by atomic mass is 9.88. The van der Waals surface area contributed by atoms with E-state index in [1.165, 1.54) is 0 Å². The van der Waals surface area contributed by atoms with Crippen molar-refractivity contribution in [3.05, 3.63) is 69.8 Å². The zero-order valence-electron chi connectivity index (χ0n) is 18.9. The van der Waals surface area contributed by atoms with Gasteiger partial charge in [-0.3, -0.25) is 14.4 Å². The fourth-order valence-corrected chi connectivity index (χ4v) is 3.78. The predicted octanol–water partition coefficient (Wildman–Crippen LogP) is 5.65. The summed E-state index contributed by atoms with van der Waals surface area (Å²) in [5.74, 6) is -1.45. The second-order valence-electron chi connectivity index (χ2n) is 7.78. The van der Waals surface area contributed by atoms with E-state index in [1.54, 1.807) is 36.4 Å². The van der Waals surface area contributed by atoms with Crippen LogP contribution in [-0.2, 0) is 14.4 Å². The van der Waals surface area contributed by atoms with Crippen molar-refractivity contribution in [2.75, 3.05) is 11.1 Å². The third kappa shape index (κ3) is 8.90. The van der Waals surface area contributed by atoms with Crippen molar-refractivity contribution in [2.24, 2.45) is 5.92 Å². The number of hydrogen-bond donors (Lipinski definition) is 2. The normalized spacial score (nSPS) is 15.6. The fraction of sp³-hybridized carbons (Fsp3) is 0.269. The van der Waals surface area contributed by atoms with E-state index >= 15 is 0 Å². The molecule has 0 spiro atoms. The van der Waals surface area contributed by atoms with Gasteiger partial charge in [0.2, 0.25) is 0 Å². The van der Waals surface area contributed by atoms with Gasteiger partial charge in [0.1, 0.15) is 11.6 Å². The Bertz CT molecular complexity index is 1180. The van der Waals surface area contributed by atoms with Crippen LogP contribution < -0.4 is 11.1 Å². The van der Waals surface area contributed by atoms with Gasteiger partial charge in [0.05, 0.1) is 6.07 Å². The second-order valence-corrected chi connectivity index (χ2v) is 8.65. The van der Waals surface area contributed by atoms with Crippen molar-refractivity contribution in [1.82, 2.24) is 0 Å². The van der Waals surface area contributed by atoms with Gasteiger partial charge in [0.25, 0.3) is 0 Å². The lowest BCUT2D eigenvalue weighted by molar-refractivity contribution is -0.133. The average molecular weight is 511 g/mol. The second kappa shape index (κ2) is 13.9. The molecule has 0 aliphatic heterocycles. The molecule has 0 heterocycles. The smallest absolute Gasteiger partial charge is 0.175 e. The molecular weight excluding hydrogens is 487 g/mol. The molecule has 1 saturated carbocycles. The third-order valence-electron chi connectivity index (χ3n) is 5.11. The molecule has 2 aliphatic rings. The molecule has 35 heavy (non-hydrogen) atoms. The molecule has 9 heteroatoms. The van der Waals surface area contributed by atoms with E-state index in [-0.39, 0.29) is 22.9 Å². The number of ketones is 3. The highest BCUT2D eigenvalue weighted by molar-refractivity contribution is 6.31. The zero-order chi connectivity index (χ0) is 25.8. The van der Waals surface area contributed by atoms with Crippen LogP contribution in [-0.4, -0.2) is 17.3 Å². The number of Topliss-reactive ketones (excluding diaryl/α,β-unsaturated/α-hetero) is 3. The van der Waals surface area contributed by atoms with Crippen LogP contribution in [0.1, 0.15) is 38.5 Å². The Morgan fingerprint density at radius 1 is 0.857 bits per heavy atom. The molecule has 1 fully saturated rings. The lowest BCUT2D eigenvalue weighted by Gasteiger charge is -2.17. The van der Waals surface area contributed by atoms with E-state index in [9.17, 15) is 14.4 Å². The average Bonchev–Trinajstić information content (AvgIpc) is 2.80. The van der Waals surface area contributed by atoms with Crippen LogP contribution in [0.4, 0.5) is 11.4 Å². The van der Waals surface area contributed by atoms with Crippen LogP contribution >= 0.6 is 23.2 Å². The minimum absolute atomic E-state index is 0.0803. The maximum absolute atomic E-state index is 11.5. The van der Waals surface area contributed by atoms with Crippen LogP contribution in [0, 0.1) is 28.6 Å². The molecule has 0 radical (unpaired) electrons. The number of carbonyl (C=O) groups is 3. The molecule has 0 aromatic heterocycles. The van der Waals surface area contributed by atoms with Gasteiger partial charge in [-0.15, -0.1) is 0 Å². The number of rotatable bonds is 2. The first-order chi connectivity index (χ1) is 16.7. The first-order valence-corrected chi connectivity index (χ1v) is 11.7. The summed E-state index contributed by atoms with van der Waals surface area (Å²) in [4.78, 5) is 33.1. The molecule has 0 amide bonds. The van der Waals surface area contributed by atoms with Crippen LogP contribution in [0.5, 0.6) is 0 Å². The first kappa shape index (κ1) is 27.6. The molecule has 3 N–H and O–H groups in total. The van der Waals surface area contributed by atoms with Gasteiger partial charge in [0.15, 0.2) is 23.3 Å². The standard InChI is InChI=1S/C13H11ClN2O.C7H7NO2.C6H6ClN/c14-9-3-1-4-10(7-9)16-12-5-2-6-13(17)11(12)8-15;8-4-5-6(9)2-1-3-7(5)10;7-5-2-1-3-6(8)4-5/h1,3-4,7,16H,2,5-6H2;5H,1-3H2;1-4H,8H2. The quantitative estimate of drug-likeness (QED) is 0.392. The van der Waals surface area contributed by atoms with Crippen molar-refractivity contribution in [1.29, 1.82) is 10.5 Å².